The molecule has 0 radical (unpaired) electrons. The molecule has 0 saturated heterocycles. The van der Waals surface area contributed by atoms with E-state index in [1.807, 2.05) is 44.2 Å². The molecule has 0 saturated carbocycles. The lowest BCUT2D eigenvalue weighted by Crippen LogP contribution is -2.05. The van der Waals surface area contributed by atoms with E-state index in [2.05, 4.69) is 0 Å². The molecule has 2 heteroatoms. The summed E-state index contributed by atoms with van der Waals surface area (Å²) in [5.74, 6) is 0.930. The van der Waals surface area contributed by atoms with E-state index in [1.54, 1.807) is 6.08 Å². The summed E-state index contributed by atoms with van der Waals surface area (Å²) in [4.78, 5) is 12.0. The van der Waals surface area contributed by atoms with E-state index in [0.29, 0.717) is 6.61 Å². The minimum Gasteiger partial charge on any atom is -0.493 e. The van der Waals surface area contributed by atoms with Crippen LogP contribution in [-0.4, -0.2) is 12.4 Å². The fourth-order valence-corrected chi connectivity index (χ4v) is 2.55. The zero-order valence-corrected chi connectivity index (χ0v) is 10.5. The number of carbonyl (C=O) groups is 1. The third-order valence-corrected chi connectivity index (χ3v) is 3.34. The van der Waals surface area contributed by atoms with Crippen molar-refractivity contribution >= 4 is 22.1 Å². The van der Waals surface area contributed by atoms with Gasteiger partial charge in [0.05, 0.1) is 6.61 Å². The Hall–Kier alpha value is -2.09. The molecular weight excluding hydrogens is 224 g/mol. The molecule has 0 fully saturated rings. The summed E-state index contributed by atoms with van der Waals surface area (Å²) in [6.07, 6.45) is 1.71. The smallest absolute Gasteiger partial charge is 0.186 e. The lowest BCUT2D eigenvalue weighted by Gasteiger charge is -2.17. The summed E-state index contributed by atoms with van der Waals surface area (Å²) in [5, 5.41) is 2.04. The topological polar surface area (TPSA) is 26.3 Å². The molecule has 0 N–H and O–H groups in total. The summed E-state index contributed by atoms with van der Waals surface area (Å²) in [5.41, 5.74) is 2.92. The summed E-state index contributed by atoms with van der Waals surface area (Å²) < 4.78 is 5.64. The van der Waals surface area contributed by atoms with E-state index in [9.17, 15) is 4.79 Å². The number of carbonyl (C=O) groups excluding carboxylic acids is 1. The number of benzene rings is 2. The van der Waals surface area contributed by atoms with Gasteiger partial charge in [0.2, 0.25) is 0 Å². The summed E-state index contributed by atoms with van der Waals surface area (Å²) in [6.45, 7) is 4.57. The van der Waals surface area contributed by atoms with Gasteiger partial charge in [-0.3, -0.25) is 4.79 Å². The average Bonchev–Trinajstić information content (AvgIpc) is 2.37. The standard InChI is InChI=1S/C16H14O2/c1-3-18-15-8-7-11-10(2)9-14(17)12-5-4-6-13(15)16(11)12/h4-9H,3H2,1-2H3. The highest BCUT2D eigenvalue weighted by Crippen LogP contribution is 2.37. The Bertz CT molecular complexity index is 681. The monoisotopic (exact) mass is 238 g/mol. The van der Waals surface area contributed by atoms with E-state index in [1.165, 1.54) is 0 Å². The molecular formula is C16H14O2. The van der Waals surface area contributed by atoms with Crippen LogP contribution >= 0.6 is 0 Å². The maximum absolute atomic E-state index is 12.0. The molecule has 0 bridgehead atoms. The third kappa shape index (κ3) is 1.46. The van der Waals surface area contributed by atoms with Crippen molar-refractivity contribution in [1.29, 1.82) is 0 Å². The second-order valence-corrected chi connectivity index (χ2v) is 4.46. The number of hydrogen-bond acceptors (Lipinski definition) is 2. The zero-order valence-electron chi connectivity index (χ0n) is 10.5. The van der Waals surface area contributed by atoms with Gasteiger partial charge >= 0.3 is 0 Å². The van der Waals surface area contributed by atoms with Crippen molar-refractivity contribution in [3.05, 3.63) is 47.5 Å². The van der Waals surface area contributed by atoms with Crippen molar-refractivity contribution in [3.8, 4) is 5.75 Å². The van der Waals surface area contributed by atoms with Gasteiger partial charge in [-0.1, -0.05) is 24.3 Å². The second kappa shape index (κ2) is 3.98. The van der Waals surface area contributed by atoms with Crippen LogP contribution in [0.2, 0.25) is 0 Å². The molecule has 3 rings (SSSR count). The summed E-state index contributed by atoms with van der Waals surface area (Å²) >= 11 is 0. The van der Waals surface area contributed by atoms with Gasteiger partial charge in [-0.05, 0) is 37.1 Å². The highest BCUT2D eigenvalue weighted by atomic mass is 16.5. The molecule has 0 aromatic heterocycles. The van der Waals surface area contributed by atoms with Gasteiger partial charge in [-0.25, -0.2) is 0 Å². The molecule has 18 heavy (non-hydrogen) atoms. The normalized spacial score (nSPS) is 13.7. The lowest BCUT2D eigenvalue weighted by atomic mass is 9.88. The van der Waals surface area contributed by atoms with Crippen LogP contribution in [-0.2, 0) is 0 Å². The zero-order chi connectivity index (χ0) is 12.7. The predicted molar refractivity (Wildman–Crippen MR) is 73.1 cm³/mol. The number of ketones is 1. The van der Waals surface area contributed by atoms with Crippen molar-refractivity contribution in [2.75, 3.05) is 6.61 Å². The van der Waals surface area contributed by atoms with Crippen molar-refractivity contribution in [1.82, 2.24) is 0 Å². The Morgan fingerprint density at radius 1 is 1.11 bits per heavy atom. The van der Waals surface area contributed by atoms with Crippen molar-refractivity contribution < 1.29 is 9.53 Å². The number of hydrogen-bond donors (Lipinski definition) is 0. The van der Waals surface area contributed by atoms with Crippen LogP contribution in [0.15, 0.2) is 36.4 Å². The molecule has 90 valence electrons. The largest absolute Gasteiger partial charge is 0.493 e. The maximum Gasteiger partial charge on any atom is 0.186 e. The number of rotatable bonds is 2. The van der Waals surface area contributed by atoms with Gasteiger partial charge in [-0.15, -0.1) is 0 Å². The highest BCUT2D eigenvalue weighted by molar-refractivity contribution is 6.22. The lowest BCUT2D eigenvalue weighted by molar-refractivity contribution is 0.104. The van der Waals surface area contributed by atoms with Crippen LogP contribution in [0.3, 0.4) is 0 Å². The number of allylic oxidation sites excluding steroid dienone is 2. The molecule has 2 aromatic rings. The van der Waals surface area contributed by atoms with Crippen molar-refractivity contribution in [2.24, 2.45) is 0 Å². The first-order chi connectivity index (χ1) is 8.72. The number of ether oxygens (including phenoxy) is 1. The molecule has 2 nitrogen and oxygen atoms in total. The van der Waals surface area contributed by atoms with Crippen LogP contribution in [0.4, 0.5) is 0 Å². The Labute approximate surface area is 106 Å². The minimum atomic E-state index is 0.0826. The van der Waals surface area contributed by atoms with Gasteiger partial charge < -0.3 is 4.74 Å². The molecule has 0 amide bonds. The van der Waals surface area contributed by atoms with Crippen molar-refractivity contribution in [2.45, 2.75) is 13.8 Å². The van der Waals surface area contributed by atoms with Gasteiger partial charge in [0.25, 0.3) is 0 Å². The molecule has 1 aliphatic rings. The molecule has 0 aliphatic heterocycles. The first-order valence-corrected chi connectivity index (χ1v) is 6.14. The Morgan fingerprint density at radius 2 is 1.94 bits per heavy atom. The average molecular weight is 238 g/mol. The van der Waals surface area contributed by atoms with Gasteiger partial charge in [0.1, 0.15) is 5.75 Å². The van der Waals surface area contributed by atoms with E-state index < -0.39 is 0 Å². The highest BCUT2D eigenvalue weighted by Gasteiger charge is 2.19. The Morgan fingerprint density at radius 3 is 2.72 bits per heavy atom. The summed E-state index contributed by atoms with van der Waals surface area (Å²) in [6, 6.07) is 9.83. The van der Waals surface area contributed by atoms with E-state index in [0.717, 1.165) is 33.2 Å². The molecule has 2 aromatic carbocycles. The second-order valence-electron chi connectivity index (χ2n) is 4.46. The fourth-order valence-electron chi connectivity index (χ4n) is 2.55. The van der Waals surface area contributed by atoms with Gasteiger partial charge in [0, 0.05) is 16.3 Å². The Kier molecular flexibility index (Phi) is 2.44. The fraction of sp³-hybridized carbons (Fsp3) is 0.188. The summed E-state index contributed by atoms with van der Waals surface area (Å²) in [7, 11) is 0. The first kappa shape index (κ1) is 11.0. The molecule has 0 heterocycles. The molecule has 0 unspecified atom stereocenters. The quantitative estimate of drug-likeness (QED) is 0.794. The van der Waals surface area contributed by atoms with E-state index in [4.69, 9.17) is 4.74 Å². The Balaban J connectivity index is 2.42. The van der Waals surface area contributed by atoms with Crippen LogP contribution in [0.5, 0.6) is 5.75 Å². The van der Waals surface area contributed by atoms with Crippen LogP contribution in [0, 0.1) is 0 Å². The molecule has 1 aliphatic carbocycles. The SMILES string of the molecule is CCOc1ccc2c3c(cccc13)C(=O)C=C2C. The first-order valence-electron chi connectivity index (χ1n) is 6.14. The van der Waals surface area contributed by atoms with Gasteiger partial charge in [-0.2, -0.15) is 0 Å². The van der Waals surface area contributed by atoms with Crippen molar-refractivity contribution in [3.63, 3.8) is 0 Å². The minimum absolute atomic E-state index is 0.0826. The molecule has 0 spiro atoms. The van der Waals surface area contributed by atoms with Crippen LogP contribution < -0.4 is 4.74 Å². The van der Waals surface area contributed by atoms with Gasteiger partial charge in [0.15, 0.2) is 5.78 Å². The maximum atomic E-state index is 12.0. The predicted octanol–water partition coefficient (Wildman–Crippen LogP) is 3.84. The van der Waals surface area contributed by atoms with E-state index >= 15 is 0 Å². The van der Waals surface area contributed by atoms with Crippen LogP contribution in [0.1, 0.15) is 29.8 Å². The third-order valence-electron chi connectivity index (χ3n) is 3.34. The van der Waals surface area contributed by atoms with Crippen LogP contribution in [0.25, 0.3) is 16.3 Å². The van der Waals surface area contributed by atoms with E-state index in [-0.39, 0.29) is 5.78 Å². The molecule has 0 atom stereocenters.